The van der Waals surface area contributed by atoms with Crippen LogP contribution < -0.4 is 14.4 Å². The molecule has 3 aromatic carbocycles. The third kappa shape index (κ3) is 5.15. The first-order valence-electron chi connectivity index (χ1n) is 9.99. The van der Waals surface area contributed by atoms with E-state index in [1.165, 1.54) is 12.1 Å². The first-order valence-corrected chi connectivity index (χ1v) is 12.5. The fourth-order valence-electron chi connectivity index (χ4n) is 3.47. The van der Waals surface area contributed by atoms with Gasteiger partial charge in [-0.1, -0.05) is 23.7 Å². The molecule has 0 aliphatic carbocycles. The molecule has 1 aliphatic rings. The van der Waals surface area contributed by atoms with E-state index in [9.17, 15) is 9.18 Å². The van der Waals surface area contributed by atoms with E-state index in [1.807, 2.05) is 37.3 Å². The van der Waals surface area contributed by atoms with Gasteiger partial charge in [-0.15, -0.1) is 11.8 Å². The molecular weight excluding hydrogens is 564 g/mol. The fraction of sp³-hybridized carbons (Fsp3) is 0.208. The molecule has 0 radical (unpaired) electrons. The van der Waals surface area contributed by atoms with E-state index in [1.54, 1.807) is 34.9 Å². The number of amides is 1. The smallest absolute Gasteiger partial charge is 0.238 e. The number of nitrogens with zero attached hydrogens (tertiary/aromatic N) is 1. The fourth-order valence-corrected chi connectivity index (χ4v) is 5.53. The molecule has 1 saturated heterocycles. The second-order valence-electron chi connectivity index (χ2n) is 7.09. The van der Waals surface area contributed by atoms with Gasteiger partial charge in [0.2, 0.25) is 5.91 Å². The lowest BCUT2D eigenvalue weighted by atomic mass is 10.1. The van der Waals surface area contributed by atoms with Gasteiger partial charge in [-0.25, -0.2) is 4.39 Å². The van der Waals surface area contributed by atoms with E-state index in [0.29, 0.717) is 28.9 Å². The van der Waals surface area contributed by atoms with Gasteiger partial charge in [0.15, 0.2) is 11.5 Å². The highest BCUT2D eigenvalue weighted by molar-refractivity contribution is 14.1. The highest BCUT2D eigenvalue weighted by Gasteiger charge is 2.35. The summed E-state index contributed by atoms with van der Waals surface area (Å²) in [6.45, 7) is 2.60. The van der Waals surface area contributed by atoms with Crippen LogP contribution >= 0.6 is 46.0 Å². The number of thioether (sulfide) groups is 1. The minimum atomic E-state index is -0.300. The van der Waals surface area contributed by atoms with Crippen molar-refractivity contribution in [3.05, 3.63) is 86.2 Å². The van der Waals surface area contributed by atoms with Crippen LogP contribution in [0, 0.1) is 9.39 Å². The minimum absolute atomic E-state index is 0.0433. The normalized spacial score (nSPS) is 15.8. The second kappa shape index (κ2) is 10.3. The van der Waals surface area contributed by atoms with Crippen LogP contribution in [0.15, 0.2) is 60.7 Å². The highest BCUT2D eigenvalue weighted by atomic mass is 127. The lowest BCUT2D eigenvalue weighted by Crippen LogP contribution is -2.27. The Bertz CT molecular complexity index is 1130. The molecule has 0 bridgehead atoms. The summed E-state index contributed by atoms with van der Waals surface area (Å²) in [6, 6.07) is 17.5. The van der Waals surface area contributed by atoms with Crippen LogP contribution in [0.2, 0.25) is 5.02 Å². The van der Waals surface area contributed by atoms with Crippen molar-refractivity contribution in [1.29, 1.82) is 0 Å². The summed E-state index contributed by atoms with van der Waals surface area (Å²) in [5.74, 6) is 1.34. The van der Waals surface area contributed by atoms with Crippen LogP contribution in [-0.2, 0) is 11.4 Å². The monoisotopic (exact) mass is 583 g/mol. The summed E-state index contributed by atoms with van der Waals surface area (Å²) in [5, 5.41) is 0.436. The van der Waals surface area contributed by atoms with Gasteiger partial charge in [-0.3, -0.25) is 9.69 Å². The van der Waals surface area contributed by atoms with Crippen LogP contribution in [-0.4, -0.2) is 18.3 Å². The molecule has 0 N–H and O–H groups in total. The molecule has 1 atom stereocenters. The summed E-state index contributed by atoms with van der Waals surface area (Å²) in [4.78, 5) is 14.5. The van der Waals surface area contributed by atoms with E-state index in [-0.39, 0.29) is 23.7 Å². The standard InChI is InChI=1S/C24H20ClFINO3S/c1-2-30-21-12-16(11-20(27)23(21)31-13-15-4-3-5-18(26)10-15)24-28(22(29)14-32-24)19-8-6-17(25)7-9-19/h3-12,24H,2,13-14H2,1H3/t24-/m1/s1. The van der Waals surface area contributed by atoms with Crippen molar-refractivity contribution < 1.29 is 18.7 Å². The Hall–Kier alpha value is -1.97. The Labute approximate surface area is 209 Å². The lowest BCUT2D eigenvalue weighted by Gasteiger charge is -2.25. The van der Waals surface area contributed by atoms with Crippen LogP contribution in [0.1, 0.15) is 23.4 Å². The van der Waals surface area contributed by atoms with E-state index >= 15 is 0 Å². The SMILES string of the molecule is CCOc1cc([C@H]2SCC(=O)N2c2ccc(Cl)cc2)cc(I)c1OCc1cccc(F)c1. The average molecular weight is 584 g/mol. The molecule has 3 aromatic rings. The maximum Gasteiger partial charge on any atom is 0.238 e. The Kier molecular flexibility index (Phi) is 7.48. The topological polar surface area (TPSA) is 38.8 Å². The Balaban J connectivity index is 1.64. The molecule has 166 valence electrons. The van der Waals surface area contributed by atoms with Crippen molar-refractivity contribution in [2.45, 2.75) is 18.9 Å². The summed E-state index contributed by atoms with van der Waals surface area (Å²) in [6.07, 6.45) is 0. The molecular formula is C24H20ClFINO3S. The van der Waals surface area contributed by atoms with E-state index < -0.39 is 0 Å². The van der Waals surface area contributed by atoms with Crippen molar-refractivity contribution in [3.8, 4) is 11.5 Å². The number of hydrogen-bond acceptors (Lipinski definition) is 4. The number of hydrogen-bond donors (Lipinski definition) is 0. The summed E-state index contributed by atoms with van der Waals surface area (Å²) in [5.41, 5.74) is 2.48. The van der Waals surface area contributed by atoms with Crippen molar-refractivity contribution in [2.24, 2.45) is 0 Å². The van der Waals surface area contributed by atoms with Crippen molar-refractivity contribution in [1.82, 2.24) is 0 Å². The Morgan fingerprint density at radius 3 is 2.66 bits per heavy atom. The molecule has 32 heavy (non-hydrogen) atoms. The minimum Gasteiger partial charge on any atom is -0.490 e. The van der Waals surface area contributed by atoms with Gasteiger partial charge < -0.3 is 9.47 Å². The summed E-state index contributed by atoms with van der Waals surface area (Å²) < 4.78 is 26.3. The first kappa shape index (κ1) is 23.2. The molecule has 1 fully saturated rings. The second-order valence-corrected chi connectivity index (χ2v) is 9.75. The first-order chi connectivity index (χ1) is 15.5. The number of carbonyl (C=O) groups excluding carboxylic acids is 1. The molecule has 1 aliphatic heterocycles. The lowest BCUT2D eigenvalue weighted by molar-refractivity contribution is -0.115. The van der Waals surface area contributed by atoms with Crippen LogP contribution in [0.25, 0.3) is 0 Å². The van der Waals surface area contributed by atoms with Crippen LogP contribution in [0.4, 0.5) is 10.1 Å². The zero-order chi connectivity index (χ0) is 22.7. The van der Waals surface area contributed by atoms with E-state index in [0.717, 1.165) is 20.4 Å². The van der Waals surface area contributed by atoms with E-state index in [2.05, 4.69) is 22.6 Å². The number of rotatable bonds is 7. The molecule has 0 aromatic heterocycles. The van der Waals surface area contributed by atoms with Gasteiger partial charge in [0.05, 0.1) is 15.9 Å². The van der Waals surface area contributed by atoms with Gasteiger partial charge >= 0.3 is 0 Å². The molecule has 1 amide bonds. The van der Waals surface area contributed by atoms with Crippen molar-refractivity contribution >= 4 is 57.5 Å². The molecule has 0 spiro atoms. The van der Waals surface area contributed by atoms with Gasteiger partial charge in [0.1, 0.15) is 17.8 Å². The molecule has 1 heterocycles. The van der Waals surface area contributed by atoms with Crippen molar-refractivity contribution in [2.75, 3.05) is 17.3 Å². The van der Waals surface area contributed by atoms with Crippen LogP contribution in [0.5, 0.6) is 11.5 Å². The zero-order valence-corrected chi connectivity index (χ0v) is 20.9. The highest BCUT2D eigenvalue weighted by Crippen LogP contribution is 2.45. The molecule has 4 rings (SSSR count). The summed E-state index contributed by atoms with van der Waals surface area (Å²) in [7, 11) is 0. The predicted molar refractivity (Wildman–Crippen MR) is 135 cm³/mol. The van der Waals surface area contributed by atoms with Gasteiger partial charge in [0, 0.05) is 10.7 Å². The van der Waals surface area contributed by atoms with E-state index in [4.69, 9.17) is 21.1 Å². The summed E-state index contributed by atoms with van der Waals surface area (Å²) >= 11 is 9.80. The number of carbonyl (C=O) groups is 1. The molecule has 0 saturated carbocycles. The van der Waals surface area contributed by atoms with Gasteiger partial charge in [-0.05, 0) is 89.2 Å². The quantitative estimate of drug-likeness (QED) is 0.286. The third-order valence-corrected chi connectivity index (χ3v) is 7.13. The molecule has 0 unspecified atom stereocenters. The zero-order valence-electron chi connectivity index (χ0n) is 17.2. The maximum atomic E-state index is 13.5. The predicted octanol–water partition coefficient (Wildman–Crippen LogP) is 6.84. The third-order valence-electron chi connectivity index (χ3n) is 4.86. The Morgan fingerprint density at radius 2 is 1.94 bits per heavy atom. The molecule has 8 heteroatoms. The number of halogens is 3. The molecule has 4 nitrogen and oxygen atoms in total. The maximum absolute atomic E-state index is 13.5. The largest absolute Gasteiger partial charge is 0.490 e. The average Bonchev–Trinajstić information content (AvgIpc) is 3.15. The van der Waals surface area contributed by atoms with Gasteiger partial charge in [0.25, 0.3) is 0 Å². The number of benzene rings is 3. The Morgan fingerprint density at radius 1 is 1.16 bits per heavy atom. The number of anilines is 1. The van der Waals surface area contributed by atoms with Crippen molar-refractivity contribution in [3.63, 3.8) is 0 Å². The number of ether oxygens (including phenoxy) is 2. The van der Waals surface area contributed by atoms with Crippen LogP contribution in [0.3, 0.4) is 0 Å². The van der Waals surface area contributed by atoms with Gasteiger partial charge in [-0.2, -0.15) is 0 Å².